The van der Waals surface area contributed by atoms with Crippen LogP contribution < -0.4 is 20.5 Å². The first-order valence-electron chi connectivity index (χ1n) is 8.83. The van der Waals surface area contributed by atoms with E-state index in [9.17, 15) is 22.4 Å². The highest BCUT2D eigenvalue weighted by atomic mass is 35.5. The van der Waals surface area contributed by atoms with Crippen molar-refractivity contribution < 1.29 is 31.6 Å². The van der Waals surface area contributed by atoms with Gasteiger partial charge in [-0.15, -0.1) is 0 Å². The maximum atomic E-state index is 13.4. The molecule has 0 saturated heterocycles. The highest BCUT2D eigenvalue weighted by molar-refractivity contribution is 7.89. The zero-order chi connectivity index (χ0) is 21.7. The lowest BCUT2D eigenvalue weighted by Crippen LogP contribution is -2.84. The molecule has 3 aliphatic carbocycles. The van der Waals surface area contributed by atoms with Crippen LogP contribution in [0.5, 0.6) is 5.75 Å². The molecule has 2 bridgehead atoms. The Morgan fingerprint density at radius 3 is 2.43 bits per heavy atom. The van der Waals surface area contributed by atoms with E-state index in [1.54, 1.807) is 0 Å². The molecule has 2 amide bonds. The van der Waals surface area contributed by atoms with Gasteiger partial charge in [0, 0.05) is 17.1 Å². The standard InChI is InChI=1S/C18H17ClFN3O6S/c19-11-2-1-10(5-12(11)20)28-6-14(24)22-17-7-18(8-17,9-17)23-16(25)13-3-4-15(29-13)30(21,26)27/h1-5H,6-9H2,(H,22,24)(H,23,25)(H2,21,26,27). The fourth-order valence-corrected chi connectivity index (χ4v) is 4.58. The number of hydrogen-bond acceptors (Lipinski definition) is 6. The molecule has 2 aromatic rings. The molecule has 0 atom stereocenters. The largest absolute Gasteiger partial charge is 0.484 e. The molecule has 0 spiro atoms. The van der Waals surface area contributed by atoms with E-state index in [0.717, 1.165) is 12.1 Å². The Balaban J connectivity index is 1.25. The second kappa shape index (κ2) is 6.96. The number of rotatable bonds is 7. The zero-order valence-electron chi connectivity index (χ0n) is 15.4. The summed E-state index contributed by atoms with van der Waals surface area (Å²) in [6.07, 6.45) is 1.57. The Morgan fingerprint density at radius 2 is 1.83 bits per heavy atom. The molecule has 9 nitrogen and oxygen atoms in total. The quantitative estimate of drug-likeness (QED) is 0.572. The fraction of sp³-hybridized carbons (Fsp3) is 0.333. The van der Waals surface area contributed by atoms with E-state index < -0.39 is 37.9 Å². The molecule has 1 aromatic heterocycles. The molecule has 5 rings (SSSR count). The molecule has 0 aliphatic heterocycles. The number of sulfonamides is 1. The lowest BCUT2D eigenvalue weighted by Gasteiger charge is -2.70. The van der Waals surface area contributed by atoms with Gasteiger partial charge < -0.3 is 19.8 Å². The van der Waals surface area contributed by atoms with Gasteiger partial charge in [0.05, 0.1) is 5.02 Å². The first-order chi connectivity index (χ1) is 14.0. The predicted molar refractivity (Wildman–Crippen MR) is 102 cm³/mol. The topological polar surface area (TPSA) is 141 Å². The maximum Gasteiger partial charge on any atom is 0.287 e. The lowest BCUT2D eigenvalue weighted by atomic mass is 9.44. The van der Waals surface area contributed by atoms with Crippen molar-refractivity contribution in [2.75, 3.05) is 6.61 Å². The van der Waals surface area contributed by atoms with Gasteiger partial charge in [-0.3, -0.25) is 9.59 Å². The first-order valence-corrected chi connectivity index (χ1v) is 10.8. The smallest absolute Gasteiger partial charge is 0.287 e. The molecule has 160 valence electrons. The number of benzene rings is 1. The summed E-state index contributed by atoms with van der Waals surface area (Å²) in [7, 11) is -4.03. The van der Waals surface area contributed by atoms with Gasteiger partial charge in [-0.05, 0) is 43.5 Å². The highest BCUT2D eigenvalue weighted by Gasteiger charge is 2.69. The van der Waals surface area contributed by atoms with Crippen LogP contribution in [-0.4, -0.2) is 37.9 Å². The van der Waals surface area contributed by atoms with Crippen LogP contribution in [-0.2, 0) is 14.8 Å². The molecule has 1 aromatic carbocycles. The molecule has 12 heteroatoms. The molecule has 4 N–H and O–H groups in total. The minimum Gasteiger partial charge on any atom is -0.484 e. The molecule has 3 fully saturated rings. The number of halogens is 2. The van der Waals surface area contributed by atoms with Gasteiger partial charge >= 0.3 is 0 Å². The number of amides is 2. The number of furan rings is 1. The SMILES string of the molecule is NS(=O)(=O)c1ccc(C(=O)NC23CC(NC(=O)COc4ccc(Cl)c(F)c4)(C2)C3)o1. The summed E-state index contributed by atoms with van der Waals surface area (Å²) in [5.74, 6) is -1.54. The van der Waals surface area contributed by atoms with Gasteiger partial charge in [0.15, 0.2) is 12.4 Å². The van der Waals surface area contributed by atoms with Crippen LogP contribution in [0.1, 0.15) is 29.8 Å². The van der Waals surface area contributed by atoms with E-state index >= 15 is 0 Å². The monoisotopic (exact) mass is 457 g/mol. The van der Waals surface area contributed by atoms with E-state index in [-0.39, 0.29) is 29.0 Å². The number of nitrogens with one attached hydrogen (secondary N) is 2. The first kappa shape index (κ1) is 20.6. The van der Waals surface area contributed by atoms with Gasteiger partial charge in [-0.1, -0.05) is 11.6 Å². The van der Waals surface area contributed by atoms with Crippen molar-refractivity contribution >= 4 is 33.4 Å². The Bertz CT molecular complexity index is 1130. The number of nitrogens with two attached hydrogens (primary N) is 1. The fourth-order valence-electron chi connectivity index (χ4n) is 4.00. The summed E-state index contributed by atoms with van der Waals surface area (Å²) in [4.78, 5) is 24.4. The molecule has 0 radical (unpaired) electrons. The summed E-state index contributed by atoms with van der Waals surface area (Å²) in [5.41, 5.74) is -0.896. The van der Waals surface area contributed by atoms with Crippen molar-refractivity contribution in [3.63, 3.8) is 0 Å². The van der Waals surface area contributed by atoms with Crippen molar-refractivity contribution in [2.24, 2.45) is 5.14 Å². The van der Waals surface area contributed by atoms with Gasteiger partial charge in [0.25, 0.3) is 21.8 Å². The predicted octanol–water partition coefficient (Wildman–Crippen LogP) is 1.32. The number of carbonyl (C=O) groups excluding carboxylic acids is 2. The van der Waals surface area contributed by atoms with E-state index in [4.69, 9.17) is 25.9 Å². The summed E-state index contributed by atoms with van der Waals surface area (Å²) in [5, 5.41) is 10.1. The van der Waals surface area contributed by atoms with Crippen LogP contribution in [0.15, 0.2) is 39.8 Å². The molecule has 3 aliphatic rings. The Kier molecular flexibility index (Phi) is 4.79. The van der Waals surface area contributed by atoms with E-state index in [1.165, 1.54) is 18.2 Å². The van der Waals surface area contributed by atoms with Crippen molar-refractivity contribution in [3.05, 3.63) is 46.9 Å². The third kappa shape index (κ3) is 3.87. The van der Waals surface area contributed by atoms with E-state index in [2.05, 4.69) is 10.6 Å². The second-order valence-corrected chi connectivity index (χ2v) is 9.52. The number of primary sulfonamides is 1. The van der Waals surface area contributed by atoms with Gasteiger partial charge in [0.1, 0.15) is 11.6 Å². The Labute approximate surface area is 175 Å². The van der Waals surface area contributed by atoms with Crippen molar-refractivity contribution in [1.29, 1.82) is 0 Å². The highest BCUT2D eigenvalue weighted by Crippen LogP contribution is 2.60. The summed E-state index contributed by atoms with van der Waals surface area (Å²) < 4.78 is 46.1. The molecule has 0 unspecified atom stereocenters. The normalized spacial score (nSPS) is 24.4. The average Bonchev–Trinajstić information content (AvgIpc) is 3.10. The van der Waals surface area contributed by atoms with Crippen LogP contribution in [0.2, 0.25) is 5.02 Å². The van der Waals surface area contributed by atoms with Crippen LogP contribution in [0.4, 0.5) is 4.39 Å². The molecule has 3 saturated carbocycles. The van der Waals surface area contributed by atoms with Crippen molar-refractivity contribution in [1.82, 2.24) is 10.6 Å². The van der Waals surface area contributed by atoms with Gasteiger partial charge in [0.2, 0.25) is 5.09 Å². The number of hydrogen-bond donors (Lipinski definition) is 3. The number of ether oxygens (including phenoxy) is 1. The van der Waals surface area contributed by atoms with Gasteiger partial charge in [-0.25, -0.2) is 17.9 Å². The van der Waals surface area contributed by atoms with Crippen LogP contribution >= 0.6 is 11.6 Å². The van der Waals surface area contributed by atoms with Crippen molar-refractivity contribution in [2.45, 2.75) is 35.4 Å². The average molecular weight is 458 g/mol. The minimum absolute atomic E-state index is 0.0385. The molecule has 1 heterocycles. The minimum atomic E-state index is -4.03. The zero-order valence-corrected chi connectivity index (χ0v) is 17.0. The maximum absolute atomic E-state index is 13.4. The summed E-state index contributed by atoms with van der Waals surface area (Å²) in [6, 6.07) is 6.23. The summed E-state index contributed by atoms with van der Waals surface area (Å²) >= 11 is 5.59. The van der Waals surface area contributed by atoms with Crippen molar-refractivity contribution in [3.8, 4) is 5.75 Å². The van der Waals surface area contributed by atoms with Crippen LogP contribution in [0.25, 0.3) is 0 Å². The van der Waals surface area contributed by atoms with Crippen LogP contribution in [0.3, 0.4) is 0 Å². The Hall–Kier alpha value is -2.63. The van der Waals surface area contributed by atoms with E-state index in [0.29, 0.717) is 19.3 Å². The third-order valence-corrected chi connectivity index (χ3v) is 6.25. The van der Waals surface area contributed by atoms with Crippen LogP contribution in [0, 0.1) is 5.82 Å². The third-order valence-electron chi connectivity index (χ3n) is 5.16. The lowest BCUT2D eigenvalue weighted by molar-refractivity contribution is -0.141. The molecule has 30 heavy (non-hydrogen) atoms. The van der Waals surface area contributed by atoms with E-state index in [1.807, 2.05) is 0 Å². The number of carbonyl (C=O) groups is 2. The molecular weight excluding hydrogens is 441 g/mol. The Morgan fingerprint density at radius 1 is 1.17 bits per heavy atom. The summed E-state index contributed by atoms with van der Waals surface area (Å²) in [6.45, 7) is -0.287. The van der Waals surface area contributed by atoms with Gasteiger partial charge in [-0.2, -0.15) is 0 Å². The molecular formula is C18H17ClFN3O6S. The second-order valence-electron chi connectivity index (χ2n) is 7.62.